The first kappa shape index (κ1) is 12.9. The average molecular weight is 268 g/mol. The van der Waals surface area contributed by atoms with Gasteiger partial charge in [0, 0.05) is 18.3 Å². The number of aromatic nitrogens is 1. The van der Waals surface area contributed by atoms with Crippen molar-refractivity contribution in [1.29, 1.82) is 0 Å². The number of hydrogen-bond acceptors (Lipinski definition) is 3. The van der Waals surface area contributed by atoms with Crippen LogP contribution in [0, 0.1) is 17.5 Å². The van der Waals surface area contributed by atoms with Crippen molar-refractivity contribution in [2.75, 3.05) is 5.32 Å². The van der Waals surface area contributed by atoms with Gasteiger partial charge in [0.05, 0.1) is 5.56 Å². The zero-order valence-corrected chi connectivity index (χ0v) is 9.32. The topological polar surface area (TPSA) is 62.2 Å². The second-order valence-corrected chi connectivity index (χ2v) is 3.61. The molecule has 1 heterocycles. The molecule has 98 valence electrons. The van der Waals surface area contributed by atoms with Crippen molar-refractivity contribution in [2.24, 2.45) is 0 Å². The molecule has 0 aliphatic rings. The van der Waals surface area contributed by atoms with Gasteiger partial charge in [0.15, 0.2) is 11.6 Å². The number of benzene rings is 1. The molecule has 0 saturated heterocycles. The number of carbonyl (C=O) groups is 1. The average Bonchev–Trinajstić information content (AvgIpc) is 2.34. The third-order valence-electron chi connectivity index (χ3n) is 2.27. The van der Waals surface area contributed by atoms with Crippen molar-refractivity contribution in [2.45, 2.75) is 0 Å². The van der Waals surface area contributed by atoms with E-state index in [0.29, 0.717) is 12.1 Å². The highest BCUT2D eigenvalue weighted by atomic mass is 19.1. The zero-order valence-electron chi connectivity index (χ0n) is 9.32. The lowest BCUT2D eigenvalue weighted by Gasteiger charge is -2.08. The van der Waals surface area contributed by atoms with E-state index in [1.807, 2.05) is 0 Å². The molecule has 0 atom stereocenters. The third kappa shape index (κ3) is 2.82. The lowest BCUT2D eigenvalue weighted by molar-refractivity contribution is 0.0696. The number of nitrogens with one attached hydrogen (secondary N) is 1. The van der Waals surface area contributed by atoms with E-state index in [-0.39, 0.29) is 11.4 Å². The highest BCUT2D eigenvalue weighted by Gasteiger charge is 2.12. The van der Waals surface area contributed by atoms with Crippen LogP contribution in [-0.2, 0) is 0 Å². The van der Waals surface area contributed by atoms with Crippen LogP contribution in [0.15, 0.2) is 30.5 Å². The van der Waals surface area contributed by atoms with Gasteiger partial charge in [0.25, 0.3) is 0 Å². The Morgan fingerprint density at radius 1 is 1.16 bits per heavy atom. The molecule has 2 aromatic rings. The molecular weight excluding hydrogens is 261 g/mol. The van der Waals surface area contributed by atoms with Gasteiger partial charge in [-0.15, -0.1) is 0 Å². The largest absolute Gasteiger partial charge is 0.478 e. The standard InChI is InChI=1S/C12H7F3N2O2/c13-7-3-8(14)11(9(15)4-7)17-10-2-1-6(5-16-10)12(18)19/h1-5H,(H,16,17)(H,18,19). The molecule has 4 nitrogen and oxygen atoms in total. The number of pyridine rings is 1. The minimum atomic E-state index is -1.17. The quantitative estimate of drug-likeness (QED) is 0.898. The summed E-state index contributed by atoms with van der Waals surface area (Å²) >= 11 is 0. The molecule has 0 bridgehead atoms. The highest BCUT2D eigenvalue weighted by Crippen LogP contribution is 2.23. The third-order valence-corrected chi connectivity index (χ3v) is 2.27. The second kappa shape index (κ2) is 4.97. The number of aromatic carboxylic acids is 1. The van der Waals surface area contributed by atoms with Gasteiger partial charge in [0.1, 0.15) is 17.3 Å². The molecule has 0 saturated carbocycles. The summed E-state index contributed by atoms with van der Waals surface area (Å²) in [5.74, 6) is -4.38. The molecule has 0 aliphatic carbocycles. The first-order valence-electron chi connectivity index (χ1n) is 5.08. The molecule has 19 heavy (non-hydrogen) atoms. The molecule has 0 spiro atoms. The minimum Gasteiger partial charge on any atom is -0.478 e. The minimum absolute atomic E-state index is 0.0365. The fraction of sp³-hybridized carbons (Fsp3) is 0. The van der Waals surface area contributed by atoms with Crippen molar-refractivity contribution >= 4 is 17.5 Å². The van der Waals surface area contributed by atoms with Crippen LogP contribution < -0.4 is 5.32 Å². The Morgan fingerprint density at radius 3 is 2.26 bits per heavy atom. The van der Waals surface area contributed by atoms with Gasteiger partial charge >= 0.3 is 5.97 Å². The Kier molecular flexibility index (Phi) is 3.37. The molecule has 0 fully saturated rings. The van der Waals surface area contributed by atoms with Gasteiger partial charge in [-0.1, -0.05) is 0 Å². The smallest absolute Gasteiger partial charge is 0.337 e. The van der Waals surface area contributed by atoms with E-state index in [0.717, 1.165) is 6.20 Å². The summed E-state index contributed by atoms with van der Waals surface area (Å²) in [6, 6.07) is 3.51. The van der Waals surface area contributed by atoms with Crippen molar-refractivity contribution in [3.8, 4) is 0 Å². The van der Waals surface area contributed by atoms with Crippen LogP contribution in [-0.4, -0.2) is 16.1 Å². The summed E-state index contributed by atoms with van der Waals surface area (Å²) in [5.41, 5.74) is -0.623. The van der Waals surface area contributed by atoms with E-state index < -0.39 is 29.1 Å². The summed E-state index contributed by atoms with van der Waals surface area (Å²) in [7, 11) is 0. The first-order valence-corrected chi connectivity index (χ1v) is 5.08. The Hall–Kier alpha value is -2.57. The summed E-state index contributed by atoms with van der Waals surface area (Å²) in [6.45, 7) is 0. The molecule has 0 radical (unpaired) electrons. The molecule has 2 N–H and O–H groups in total. The second-order valence-electron chi connectivity index (χ2n) is 3.61. The number of anilines is 2. The molecule has 1 aromatic heterocycles. The molecule has 2 rings (SSSR count). The number of carboxylic acids is 1. The maximum atomic E-state index is 13.3. The number of hydrogen-bond donors (Lipinski definition) is 2. The number of halogens is 3. The van der Waals surface area contributed by atoms with E-state index in [9.17, 15) is 18.0 Å². The molecular formula is C12H7F3N2O2. The lowest BCUT2D eigenvalue weighted by atomic mass is 10.2. The number of carboxylic acid groups (broad SMARTS) is 1. The summed E-state index contributed by atoms with van der Waals surface area (Å²) < 4.78 is 39.4. The monoisotopic (exact) mass is 268 g/mol. The summed E-state index contributed by atoms with van der Waals surface area (Å²) in [5, 5.41) is 11.0. The predicted octanol–water partition coefficient (Wildman–Crippen LogP) is 2.94. The number of nitrogens with zero attached hydrogens (tertiary/aromatic N) is 1. The Labute approximate surface area is 105 Å². The summed E-state index contributed by atoms with van der Waals surface area (Å²) in [6.07, 6.45) is 1.03. The van der Waals surface area contributed by atoms with Gasteiger partial charge in [0.2, 0.25) is 0 Å². The van der Waals surface area contributed by atoms with Gasteiger partial charge in [-0.05, 0) is 12.1 Å². The fourth-order valence-corrected chi connectivity index (χ4v) is 1.38. The normalized spacial score (nSPS) is 10.3. The van der Waals surface area contributed by atoms with E-state index in [2.05, 4.69) is 10.3 Å². The van der Waals surface area contributed by atoms with Crippen LogP contribution in [0.25, 0.3) is 0 Å². The van der Waals surface area contributed by atoms with Gasteiger partial charge in [-0.3, -0.25) is 0 Å². The van der Waals surface area contributed by atoms with Crippen LogP contribution in [0.3, 0.4) is 0 Å². The van der Waals surface area contributed by atoms with Gasteiger partial charge in [-0.25, -0.2) is 22.9 Å². The molecule has 0 aliphatic heterocycles. The fourth-order valence-electron chi connectivity index (χ4n) is 1.38. The van der Waals surface area contributed by atoms with E-state index in [1.54, 1.807) is 0 Å². The first-order chi connectivity index (χ1) is 8.97. The van der Waals surface area contributed by atoms with Crippen LogP contribution in [0.2, 0.25) is 0 Å². The van der Waals surface area contributed by atoms with Crippen molar-refractivity contribution in [3.05, 3.63) is 53.5 Å². The number of rotatable bonds is 3. The Morgan fingerprint density at radius 2 is 1.79 bits per heavy atom. The highest BCUT2D eigenvalue weighted by molar-refractivity contribution is 5.87. The van der Waals surface area contributed by atoms with Gasteiger partial charge < -0.3 is 10.4 Å². The maximum Gasteiger partial charge on any atom is 0.337 e. The van der Waals surface area contributed by atoms with Crippen LogP contribution in [0.1, 0.15) is 10.4 Å². The van der Waals surface area contributed by atoms with E-state index in [4.69, 9.17) is 5.11 Å². The van der Waals surface area contributed by atoms with Gasteiger partial charge in [-0.2, -0.15) is 0 Å². The molecule has 0 unspecified atom stereocenters. The van der Waals surface area contributed by atoms with Crippen LogP contribution in [0.5, 0.6) is 0 Å². The Balaban J connectivity index is 2.29. The van der Waals surface area contributed by atoms with E-state index in [1.165, 1.54) is 12.1 Å². The van der Waals surface area contributed by atoms with Crippen molar-refractivity contribution < 1.29 is 23.1 Å². The predicted molar refractivity (Wildman–Crippen MR) is 60.8 cm³/mol. The van der Waals surface area contributed by atoms with Crippen molar-refractivity contribution in [3.63, 3.8) is 0 Å². The summed E-state index contributed by atoms with van der Waals surface area (Å²) in [4.78, 5) is 14.3. The molecule has 7 heteroatoms. The SMILES string of the molecule is O=C(O)c1ccc(Nc2c(F)cc(F)cc2F)nc1. The Bertz CT molecular complexity index is 606. The maximum absolute atomic E-state index is 13.3. The molecule has 0 amide bonds. The van der Waals surface area contributed by atoms with E-state index >= 15 is 0 Å². The van der Waals surface area contributed by atoms with Crippen molar-refractivity contribution in [1.82, 2.24) is 4.98 Å². The molecule has 1 aromatic carbocycles. The zero-order chi connectivity index (χ0) is 14.0. The van der Waals surface area contributed by atoms with Crippen LogP contribution >= 0.6 is 0 Å². The van der Waals surface area contributed by atoms with Crippen LogP contribution in [0.4, 0.5) is 24.7 Å². The lowest BCUT2D eigenvalue weighted by Crippen LogP contribution is -2.02.